The van der Waals surface area contributed by atoms with E-state index in [1.165, 1.54) is 0 Å². The molecule has 0 saturated heterocycles. The molecular formula is C25H32Cl2N2O2. The van der Waals surface area contributed by atoms with Gasteiger partial charge in [-0.15, -0.1) is 0 Å². The van der Waals surface area contributed by atoms with Crippen LogP contribution in [0.15, 0.2) is 36.4 Å². The molecule has 2 rings (SSSR count). The van der Waals surface area contributed by atoms with E-state index in [2.05, 4.69) is 5.32 Å². The van der Waals surface area contributed by atoms with Gasteiger partial charge in [-0.25, -0.2) is 0 Å². The van der Waals surface area contributed by atoms with Crippen LogP contribution in [0.4, 0.5) is 0 Å². The van der Waals surface area contributed by atoms with Crippen molar-refractivity contribution in [3.63, 3.8) is 0 Å². The molecule has 0 bridgehead atoms. The van der Waals surface area contributed by atoms with Gasteiger partial charge in [0.15, 0.2) is 0 Å². The molecule has 0 heterocycles. The normalized spacial score (nSPS) is 12.9. The standard InChI is InChI=1S/C25H32Cl2N2O2/c1-6-18(5)28-25(31)23(7-2)29(15-19-10-11-21(26)22(27)13-19)24(30)14-20-12-16(3)8-9-17(20)4/h8-13,18,23H,6-7,14-15H2,1-5H3,(H,28,31)/t18-,23-/m0/s1. The molecule has 0 unspecified atom stereocenters. The molecule has 0 radical (unpaired) electrons. The maximum atomic E-state index is 13.5. The van der Waals surface area contributed by atoms with E-state index < -0.39 is 6.04 Å². The first-order valence-corrected chi connectivity index (χ1v) is 11.5. The molecule has 0 aliphatic rings. The largest absolute Gasteiger partial charge is 0.352 e. The maximum absolute atomic E-state index is 13.5. The van der Waals surface area contributed by atoms with E-state index in [-0.39, 0.29) is 30.8 Å². The summed E-state index contributed by atoms with van der Waals surface area (Å²) < 4.78 is 0. The molecule has 0 aliphatic heterocycles. The monoisotopic (exact) mass is 462 g/mol. The molecule has 6 heteroatoms. The number of halogens is 2. The average Bonchev–Trinajstić information content (AvgIpc) is 2.72. The fourth-order valence-corrected chi connectivity index (χ4v) is 3.77. The maximum Gasteiger partial charge on any atom is 0.243 e. The summed E-state index contributed by atoms with van der Waals surface area (Å²) in [6, 6.07) is 10.9. The Labute approximate surface area is 195 Å². The van der Waals surface area contributed by atoms with Crippen molar-refractivity contribution in [3.8, 4) is 0 Å². The summed E-state index contributed by atoms with van der Waals surface area (Å²) >= 11 is 12.2. The zero-order valence-electron chi connectivity index (χ0n) is 19.0. The van der Waals surface area contributed by atoms with Crippen molar-refractivity contribution >= 4 is 35.0 Å². The minimum Gasteiger partial charge on any atom is -0.352 e. The Hall–Kier alpha value is -2.04. The third-order valence-corrected chi connectivity index (χ3v) is 6.31. The van der Waals surface area contributed by atoms with Gasteiger partial charge in [0.05, 0.1) is 16.5 Å². The Bertz CT molecular complexity index is 930. The van der Waals surface area contributed by atoms with Crippen LogP contribution in [0.5, 0.6) is 0 Å². The quantitative estimate of drug-likeness (QED) is 0.505. The first-order valence-electron chi connectivity index (χ1n) is 10.8. The van der Waals surface area contributed by atoms with Crippen LogP contribution in [-0.2, 0) is 22.6 Å². The number of hydrogen-bond acceptors (Lipinski definition) is 2. The molecule has 2 aromatic rings. The van der Waals surface area contributed by atoms with E-state index in [4.69, 9.17) is 23.2 Å². The number of amides is 2. The van der Waals surface area contributed by atoms with Crippen LogP contribution in [0.25, 0.3) is 0 Å². The van der Waals surface area contributed by atoms with E-state index >= 15 is 0 Å². The van der Waals surface area contributed by atoms with Gasteiger partial charge in [0.1, 0.15) is 6.04 Å². The Morgan fingerprint density at radius 1 is 1.00 bits per heavy atom. The van der Waals surface area contributed by atoms with Crippen molar-refractivity contribution in [2.45, 2.75) is 72.5 Å². The molecule has 0 aliphatic carbocycles. The molecule has 1 N–H and O–H groups in total. The SMILES string of the molecule is CC[C@H](C)NC(=O)[C@H](CC)N(Cc1ccc(Cl)c(Cl)c1)C(=O)Cc1cc(C)ccc1C. The third kappa shape index (κ3) is 6.98. The molecule has 2 aromatic carbocycles. The lowest BCUT2D eigenvalue weighted by molar-refractivity contribution is -0.141. The number of hydrogen-bond donors (Lipinski definition) is 1. The summed E-state index contributed by atoms with van der Waals surface area (Å²) in [5.74, 6) is -0.225. The predicted molar refractivity (Wildman–Crippen MR) is 129 cm³/mol. The smallest absolute Gasteiger partial charge is 0.243 e. The van der Waals surface area contributed by atoms with Crippen molar-refractivity contribution in [2.24, 2.45) is 0 Å². The molecule has 0 spiro atoms. The molecule has 0 fully saturated rings. The van der Waals surface area contributed by atoms with Crippen LogP contribution < -0.4 is 5.32 Å². The van der Waals surface area contributed by atoms with Crippen LogP contribution in [0, 0.1) is 13.8 Å². The fourth-order valence-electron chi connectivity index (χ4n) is 3.45. The molecule has 0 aromatic heterocycles. The van der Waals surface area contributed by atoms with E-state index in [1.54, 1.807) is 17.0 Å². The van der Waals surface area contributed by atoms with E-state index in [0.717, 1.165) is 28.7 Å². The highest BCUT2D eigenvalue weighted by molar-refractivity contribution is 6.42. The van der Waals surface area contributed by atoms with Gasteiger partial charge >= 0.3 is 0 Å². The molecule has 168 valence electrons. The zero-order valence-corrected chi connectivity index (χ0v) is 20.5. The number of carbonyl (C=O) groups is 2. The van der Waals surface area contributed by atoms with Crippen LogP contribution >= 0.6 is 23.2 Å². The highest BCUT2D eigenvalue weighted by atomic mass is 35.5. The van der Waals surface area contributed by atoms with Crippen molar-refractivity contribution in [1.29, 1.82) is 0 Å². The zero-order chi connectivity index (χ0) is 23.1. The van der Waals surface area contributed by atoms with Gasteiger partial charge in [0, 0.05) is 12.6 Å². The molecule has 31 heavy (non-hydrogen) atoms. The van der Waals surface area contributed by atoms with Gasteiger partial charge in [0.25, 0.3) is 0 Å². The minimum atomic E-state index is -0.568. The number of benzene rings is 2. The predicted octanol–water partition coefficient (Wildman–Crippen LogP) is 5.87. The molecule has 0 saturated carbocycles. The van der Waals surface area contributed by atoms with Gasteiger partial charge in [-0.05, 0) is 62.4 Å². The van der Waals surface area contributed by atoms with Gasteiger partial charge in [-0.1, -0.05) is 66.9 Å². The summed E-state index contributed by atoms with van der Waals surface area (Å²) in [5.41, 5.74) is 3.97. The lowest BCUT2D eigenvalue weighted by Gasteiger charge is -2.32. The Morgan fingerprint density at radius 2 is 1.71 bits per heavy atom. The summed E-state index contributed by atoms with van der Waals surface area (Å²) in [4.78, 5) is 28.2. The molecular weight excluding hydrogens is 431 g/mol. The number of nitrogens with one attached hydrogen (secondary N) is 1. The molecule has 2 amide bonds. The second-order valence-corrected chi connectivity index (χ2v) is 8.93. The van der Waals surface area contributed by atoms with Crippen LogP contribution in [-0.4, -0.2) is 28.8 Å². The highest BCUT2D eigenvalue weighted by Crippen LogP contribution is 2.24. The molecule has 4 nitrogen and oxygen atoms in total. The lowest BCUT2D eigenvalue weighted by Crippen LogP contribution is -2.51. The second-order valence-electron chi connectivity index (χ2n) is 8.12. The van der Waals surface area contributed by atoms with E-state index in [1.807, 2.05) is 58.9 Å². The lowest BCUT2D eigenvalue weighted by atomic mass is 10.0. The average molecular weight is 463 g/mol. The topological polar surface area (TPSA) is 49.4 Å². The number of nitrogens with zero attached hydrogens (tertiary/aromatic N) is 1. The second kappa shape index (κ2) is 11.5. The van der Waals surface area contributed by atoms with Crippen molar-refractivity contribution in [1.82, 2.24) is 10.2 Å². The van der Waals surface area contributed by atoms with Gasteiger partial charge in [-0.3, -0.25) is 9.59 Å². The van der Waals surface area contributed by atoms with E-state index in [9.17, 15) is 9.59 Å². The van der Waals surface area contributed by atoms with Crippen molar-refractivity contribution in [3.05, 3.63) is 68.7 Å². The third-order valence-electron chi connectivity index (χ3n) is 5.57. The van der Waals surface area contributed by atoms with Gasteiger partial charge < -0.3 is 10.2 Å². The van der Waals surface area contributed by atoms with Crippen molar-refractivity contribution in [2.75, 3.05) is 0 Å². The van der Waals surface area contributed by atoms with E-state index in [0.29, 0.717) is 16.5 Å². The summed E-state index contributed by atoms with van der Waals surface area (Å²) in [7, 11) is 0. The summed E-state index contributed by atoms with van der Waals surface area (Å²) in [5, 5.41) is 3.91. The van der Waals surface area contributed by atoms with Crippen LogP contribution in [0.3, 0.4) is 0 Å². The van der Waals surface area contributed by atoms with Crippen LogP contribution in [0.2, 0.25) is 10.0 Å². The van der Waals surface area contributed by atoms with Gasteiger partial charge in [0.2, 0.25) is 11.8 Å². The Morgan fingerprint density at radius 3 is 2.32 bits per heavy atom. The number of aryl methyl sites for hydroxylation is 2. The Balaban J connectivity index is 2.36. The highest BCUT2D eigenvalue weighted by Gasteiger charge is 2.29. The van der Waals surface area contributed by atoms with Crippen LogP contribution in [0.1, 0.15) is 55.9 Å². The molecule has 2 atom stereocenters. The van der Waals surface area contributed by atoms with Gasteiger partial charge in [-0.2, -0.15) is 0 Å². The Kier molecular flexibility index (Phi) is 9.39. The fraction of sp³-hybridized carbons (Fsp3) is 0.440. The first-order chi connectivity index (χ1) is 14.7. The summed E-state index contributed by atoms with van der Waals surface area (Å²) in [6.45, 7) is 10.2. The van der Waals surface area contributed by atoms with Crippen molar-refractivity contribution < 1.29 is 9.59 Å². The summed E-state index contributed by atoms with van der Waals surface area (Å²) in [6.07, 6.45) is 1.58. The number of carbonyl (C=O) groups excluding carboxylic acids is 2. The number of rotatable bonds is 9. The minimum absolute atomic E-state index is 0.0440. The first kappa shape index (κ1) is 25.2.